The predicted molar refractivity (Wildman–Crippen MR) is 79.5 cm³/mol. The Labute approximate surface area is 118 Å². The number of ether oxygens (including phenoxy) is 1. The molecule has 1 rings (SSSR count). The van der Waals surface area contributed by atoms with Crippen LogP contribution in [0.1, 0.15) is 46.5 Å². The van der Waals surface area contributed by atoms with Crippen LogP contribution >= 0.6 is 0 Å². The summed E-state index contributed by atoms with van der Waals surface area (Å²) in [4.78, 5) is 2.49. The predicted octanol–water partition coefficient (Wildman–Crippen LogP) is 1.63. The monoisotopic (exact) mass is 272 g/mol. The molecule has 0 bridgehead atoms. The maximum Gasteiger partial charge on any atom is 0.0710 e. The van der Waals surface area contributed by atoms with Gasteiger partial charge in [0.05, 0.1) is 12.7 Å². The van der Waals surface area contributed by atoms with E-state index in [0.717, 1.165) is 25.9 Å². The molecule has 2 atom stereocenters. The summed E-state index contributed by atoms with van der Waals surface area (Å²) in [6.07, 6.45) is 4.99. The molecule has 0 spiro atoms. The van der Waals surface area contributed by atoms with Crippen LogP contribution in [0.3, 0.4) is 0 Å². The molecule has 0 aromatic carbocycles. The third kappa shape index (κ3) is 6.21. The fourth-order valence-corrected chi connectivity index (χ4v) is 2.94. The zero-order chi connectivity index (χ0) is 14.3. The summed E-state index contributed by atoms with van der Waals surface area (Å²) in [5, 5.41) is 13.0. The third-order valence-corrected chi connectivity index (χ3v) is 4.00. The van der Waals surface area contributed by atoms with Crippen molar-refractivity contribution in [1.82, 2.24) is 10.2 Å². The van der Waals surface area contributed by atoms with Crippen molar-refractivity contribution in [2.45, 2.75) is 64.1 Å². The van der Waals surface area contributed by atoms with Gasteiger partial charge in [-0.25, -0.2) is 0 Å². The summed E-state index contributed by atoms with van der Waals surface area (Å²) in [6.45, 7) is 9.98. The highest BCUT2D eigenvalue weighted by molar-refractivity contribution is 4.84. The minimum atomic E-state index is -0.131. The molecule has 4 nitrogen and oxygen atoms in total. The Morgan fingerprint density at radius 3 is 2.68 bits per heavy atom. The van der Waals surface area contributed by atoms with Gasteiger partial charge in [-0.1, -0.05) is 20.3 Å². The highest BCUT2D eigenvalue weighted by Crippen LogP contribution is 2.16. The van der Waals surface area contributed by atoms with Crippen molar-refractivity contribution < 1.29 is 9.84 Å². The van der Waals surface area contributed by atoms with Crippen molar-refractivity contribution in [2.24, 2.45) is 0 Å². The number of hydrogen-bond donors (Lipinski definition) is 2. The minimum Gasteiger partial charge on any atom is -0.394 e. The summed E-state index contributed by atoms with van der Waals surface area (Å²) >= 11 is 0. The third-order valence-electron chi connectivity index (χ3n) is 4.00. The molecule has 0 saturated carbocycles. The molecule has 19 heavy (non-hydrogen) atoms. The Morgan fingerprint density at radius 2 is 2.16 bits per heavy atom. The van der Waals surface area contributed by atoms with Crippen LogP contribution < -0.4 is 5.32 Å². The molecule has 114 valence electrons. The van der Waals surface area contributed by atoms with Crippen molar-refractivity contribution in [1.29, 1.82) is 0 Å². The van der Waals surface area contributed by atoms with Gasteiger partial charge in [0, 0.05) is 31.8 Å². The first kappa shape index (κ1) is 16.9. The number of aliphatic hydroxyl groups excluding tert-OH is 1. The van der Waals surface area contributed by atoms with Crippen molar-refractivity contribution >= 4 is 0 Å². The number of unbranched alkanes of at least 4 members (excludes halogenated alkanes) is 1. The number of aliphatic hydroxyl groups is 1. The van der Waals surface area contributed by atoms with Gasteiger partial charge in [-0.15, -0.1) is 0 Å². The molecule has 0 aliphatic carbocycles. The van der Waals surface area contributed by atoms with Crippen LogP contribution in [0.25, 0.3) is 0 Å². The van der Waals surface area contributed by atoms with Crippen molar-refractivity contribution in [3.63, 3.8) is 0 Å². The zero-order valence-corrected chi connectivity index (χ0v) is 13.1. The molecule has 1 aliphatic rings. The Kier molecular flexibility index (Phi) is 7.29. The second-order valence-corrected chi connectivity index (χ2v) is 6.42. The lowest BCUT2D eigenvalue weighted by Gasteiger charge is -2.31. The van der Waals surface area contributed by atoms with Crippen LogP contribution in [0.4, 0.5) is 0 Å². The second kappa shape index (κ2) is 8.20. The summed E-state index contributed by atoms with van der Waals surface area (Å²) in [6, 6.07) is 0.415. The number of likely N-dealkylation sites (tertiary alicyclic amines) is 1. The van der Waals surface area contributed by atoms with Gasteiger partial charge in [0.25, 0.3) is 0 Å². The van der Waals surface area contributed by atoms with Crippen LogP contribution in [0.5, 0.6) is 0 Å². The molecule has 1 saturated heterocycles. The minimum absolute atomic E-state index is 0.131. The van der Waals surface area contributed by atoms with Gasteiger partial charge in [0.2, 0.25) is 0 Å². The molecule has 1 fully saturated rings. The van der Waals surface area contributed by atoms with Gasteiger partial charge in [-0.3, -0.25) is 0 Å². The average molecular weight is 272 g/mol. The first-order valence-electron chi connectivity index (χ1n) is 7.63. The lowest BCUT2D eigenvalue weighted by atomic mass is 9.95. The van der Waals surface area contributed by atoms with Gasteiger partial charge in [-0.05, 0) is 32.7 Å². The summed E-state index contributed by atoms with van der Waals surface area (Å²) < 4.78 is 5.38. The lowest BCUT2D eigenvalue weighted by molar-refractivity contribution is 0.107. The van der Waals surface area contributed by atoms with Crippen molar-refractivity contribution in [3.05, 3.63) is 0 Å². The van der Waals surface area contributed by atoms with E-state index in [2.05, 4.69) is 31.0 Å². The van der Waals surface area contributed by atoms with E-state index >= 15 is 0 Å². The molecule has 0 aromatic heterocycles. The van der Waals surface area contributed by atoms with Crippen LogP contribution in [0.2, 0.25) is 0 Å². The number of nitrogens with zero attached hydrogens (tertiary/aromatic N) is 1. The van der Waals surface area contributed by atoms with Crippen LogP contribution in [-0.4, -0.2) is 61.0 Å². The van der Waals surface area contributed by atoms with Crippen LogP contribution in [0, 0.1) is 0 Å². The highest BCUT2D eigenvalue weighted by atomic mass is 16.5. The molecule has 1 heterocycles. The van der Waals surface area contributed by atoms with Gasteiger partial charge in [0.1, 0.15) is 0 Å². The van der Waals surface area contributed by atoms with Crippen LogP contribution in [-0.2, 0) is 4.74 Å². The number of hydrogen-bond acceptors (Lipinski definition) is 4. The fourth-order valence-electron chi connectivity index (χ4n) is 2.94. The number of nitrogens with one attached hydrogen (secondary N) is 1. The Morgan fingerprint density at radius 1 is 1.42 bits per heavy atom. The Hall–Kier alpha value is -0.160. The standard InChI is InChI=1S/C15H32N2O2/c1-13(2)16-15(3,12-18)8-5-6-9-17-10-7-14(11-17)19-4/h13-14,16,18H,5-12H2,1-4H3. The van der Waals surface area contributed by atoms with Crippen LogP contribution in [0.15, 0.2) is 0 Å². The molecule has 0 radical (unpaired) electrons. The summed E-state index contributed by atoms with van der Waals surface area (Å²) in [5.74, 6) is 0. The Bertz CT molecular complexity index is 248. The van der Waals surface area contributed by atoms with E-state index < -0.39 is 0 Å². The van der Waals surface area contributed by atoms with E-state index in [-0.39, 0.29) is 12.1 Å². The molecule has 4 heteroatoms. The smallest absolute Gasteiger partial charge is 0.0710 e. The maximum atomic E-state index is 9.52. The average Bonchev–Trinajstić information content (AvgIpc) is 2.82. The summed E-state index contributed by atoms with van der Waals surface area (Å²) in [5.41, 5.74) is -0.131. The molecule has 0 amide bonds. The van der Waals surface area contributed by atoms with Gasteiger partial charge in [0.15, 0.2) is 0 Å². The zero-order valence-electron chi connectivity index (χ0n) is 13.1. The molecular weight excluding hydrogens is 240 g/mol. The normalized spacial score (nSPS) is 24.0. The molecular formula is C15H32N2O2. The number of methoxy groups -OCH3 is 1. The van der Waals surface area contributed by atoms with E-state index in [1.807, 2.05) is 0 Å². The van der Waals surface area contributed by atoms with Gasteiger partial charge in [-0.2, -0.15) is 0 Å². The highest BCUT2D eigenvalue weighted by Gasteiger charge is 2.24. The topological polar surface area (TPSA) is 44.7 Å². The second-order valence-electron chi connectivity index (χ2n) is 6.42. The molecule has 1 aliphatic heterocycles. The number of rotatable bonds is 9. The van der Waals surface area contributed by atoms with Crippen molar-refractivity contribution in [2.75, 3.05) is 33.4 Å². The molecule has 2 N–H and O–H groups in total. The van der Waals surface area contributed by atoms with Crippen molar-refractivity contribution in [3.8, 4) is 0 Å². The first-order valence-corrected chi connectivity index (χ1v) is 7.63. The molecule has 0 aromatic rings. The van der Waals surface area contributed by atoms with E-state index in [0.29, 0.717) is 12.1 Å². The van der Waals surface area contributed by atoms with E-state index in [9.17, 15) is 5.11 Å². The van der Waals surface area contributed by atoms with E-state index in [4.69, 9.17) is 4.74 Å². The van der Waals surface area contributed by atoms with Gasteiger partial charge >= 0.3 is 0 Å². The SMILES string of the molecule is COC1CCN(CCCCC(C)(CO)NC(C)C)C1. The van der Waals surface area contributed by atoms with Gasteiger partial charge < -0.3 is 20.1 Å². The lowest BCUT2D eigenvalue weighted by Crippen LogP contribution is -2.49. The quantitative estimate of drug-likeness (QED) is 0.626. The summed E-state index contributed by atoms with van der Waals surface area (Å²) in [7, 11) is 1.80. The maximum absolute atomic E-state index is 9.52. The fraction of sp³-hybridized carbons (Fsp3) is 1.00. The largest absolute Gasteiger partial charge is 0.394 e. The van der Waals surface area contributed by atoms with E-state index in [1.165, 1.54) is 19.4 Å². The van der Waals surface area contributed by atoms with E-state index in [1.54, 1.807) is 7.11 Å². The molecule has 2 unspecified atom stereocenters. The Balaban J connectivity index is 2.15. The first-order chi connectivity index (χ1) is 8.99.